The largest absolute Gasteiger partial charge is 0.450 e. The van der Waals surface area contributed by atoms with Crippen molar-refractivity contribution in [3.8, 4) is 0 Å². The van der Waals surface area contributed by atoms with Crippen LogP contribution in [0.25, 0.3) is 0 Å². The molecule has 6 heteroatoms. The Morgan fingerprint density at radius 1 is 1.38 bits per heavy atom. The van der Waals surface area contributed by atoms with Gasteiger partial charge in [-0.05, 0) is 51.3 Å². The molecule has 0 unspecified atom stereocenters. The molecule has 1 aliphatic heterocycles. The summed E-state index contributed by atoms with van der Waals surface area (Å²) in [5.41, 5.74) is 1.30. The number of piperidine rings is 1. The lowest BCUT2D eigenvalue weighted by atomic mass is 9.83. The van der Waals surface area contributed by atoms with E-state index >= 15 is 0 Å². The Hall–Kier alpha value is -1.56. The molecule has 0 atom stereocenters. The zero-order chi connectivity index (χ0) is 17.2. The van der Waals surface area contributed by atoms with E-state index in [0.717, 1.165) is 32.0 Å². The van der Waals surface area contributed by atoms with E-state index in [-0.39, 0.29) is 7.52 Å². The van der Waals surface area contributed by atoms with Gasteiger partial charge in [-0.3, -0.25) is 5.10 Å². The summed E-state index contributed by atoms with van der Waals surface area (Å²) in [7, 11) is 1.80. The van der Waals surface area contributed by atoms with Crippen molar-refractivity contribution >= 4 is 6.09 Å². The normalized spacial score (nSPS) is 18.2. The molecule has 24 heavy (non-hydrogen) atoms. The highest BCUT2D eigenvalue weighted by molar-refractivity contribution is 5.67. The first-order valence-electron chi connectivity index (χ1n) is 9.28. The summed E-state index contributed by atoms with van der Waals surface area (Å²) in [5, 5.41) is 10.3. The van der Waals surface area contributed by atoms with Crippen LogP contribution in [0.1, 0.15) is 58.5 Å². The molecule has 3 rings (SSSR count). The second-order valence-electron chi connectivity index (χ2n) is 6.74. The summed E-state index contributed by atoms with van der Waals surface area (Å²) < 4.78 is 4.87. The van der Waals surface area contributed by atoms with E-state index in [9.17, 15) is 4.79 Å². The minimum atomic E-state index is -0.193. The maximum atomic E-state index is 11.2. The Balaban J connectivity index is 0.000000243. The first kappa shape index (κ1) is 18.8. The summed E-state index contributed by atoms with van der Waals surface area (Å²) in [5.74, 6) is 1.57. The van der Waals surface area contributed by atoms with Gasteiger partial charge in [-0.1, -0.05) is 19.3 Å². The van der Waals surface area contributed by atoms with Crippen LogP contribution in [0.15, 0.2) is 12.3 Å². The van der Waals surface area contributed by atoms with Gasteiger partial charge in [0.25, 0.3) is 0 Å². The predicted molar refractivity (Wildman–Crippen MR) is 97.2 cm³/mol. The molecule has 138 valence electrons. The van der Waals surface area contributed by atoms with Crippen molar-refractivity contribution in [2.45, 2.75) is 51.4 Å². The molecule has 1 aromatic heterocycles. The molecule has 0 bridgehead atoms. The van der Waals surface area contributed by atoms with Gasteiger partial charge in [0.15, 0.2) is 0 Å². The van der Waals surface area contributed by atoms with Crippen LogP contribution < -0.4 is 5.32 Å². The second-order valence-corrected chi connectivity index (χ2v) is 6.74. The molecule has 6 nitrogen and oxygen atoms in total. The SMILES string of the molecule is CCOC(=O)N(C)CCC1CCC1.[HH].c1cc(C2CCNCC2)[nH]n1. The Labute approximate surface area is 146 Å². The quantitative estimate of drug-likeness (QED) is 0.863. The number of ether oxygens (including phenoxy) is 1. The highest BCUT2D eigenvalue weighted by Crippen LogP contribution is 2.29. The molecule has 2 aliphatic rings. The zero-order valence-corrected chi connectivity index (χ0v) is 15.1. The lowest BCUT2D eigenvalue weighted by molar-refractivity contribution is 0.112. The molecule has 0 aromatic carbocycles. The maximum absolute atomic E-state index is 11.2. The maximum Gasteiger partial charge on any atom is 0.409 e. The molecule has 0 spiro atoms. The summed E-state index contributed by atoms with van der Waals surface area (Å²) in [6, 6.07) is 2.08. The van der Waals surface area contributed by atoms with Crippen molar-refractivity contribution in [3.63, 3.8) is 0 Å². The fourth-order valence-electron chi connectivity index (χ4n) is 3.11. The lowest BCUT2D eigenvalue weighted by Gasteiger charge is -2.27. The number of carbonyl (C=O) groups excluding carboxylic acids is 1. The van der Waals surface area contributed by atoms with Gasteiger partial charge in [0.1, 0.15) is 0 Å². The van der Waals surface area contributed by atoms with E-state index in [0.29, 0.717) is 12.5 Å². The van der Waals surface area contributed by atoms with Crippen molar-refractivity contribution in [3.05, 3.63) is 18.0 Å². The zero-order valence-electron chi connectivity index (χ0n) is 15.1. The Kier molecular flexibility index (Phi) is 8.08. The fraction of sp³-hybridized carbons (Fsp3) is 0.778. The van der Waals surface area contributed by atoms with Crippen LogP contribution in [0.3, 0.4) is 0 Å². The molecule has 1 aliphatic carbocycles. The van der Waals surface area contributed by atoms with Crippen LogP contribution in [-0.2, 0) is 4.74 Å². The Morgan fingerprint density at radius 3 is 2.67 bits per heavy atom. The molecule has 1 amide bonds. The number of rotatable bonds is 5. The third kappa shape index (κ3) is 6.15. The smallest absolute Gasteiger partial charge is 0.409 e. The molecule has 2 N–H and O–H groups in total. The summed E-state index contributed by atoms with van der Waals surface area (Å²) in [6.45, 7) is 5.42. The standard InChI is InChI=1S/C10H19NO2.C8H13N3.H2/c1-3-13-10(12)11(2)8-7-9-5-4-6-9;1-4-9-5-2-7(1)8-3-6-10-11-8;/h9H,3-8H2,1-2H3;3,6-7,9H,1-2,4-5H2,(H,10,11);1H. The number of H-pyrrole nitrogens is 1. The van der Waals surface area contributed by atoms with Gasteiger partial charge in [-0.2, -0.15) is 5.10 Å². The van der Waals surface area contributed by atoms with E-state index in [1.807, 2.05) is 13.1 Å². The fourth-order valence-corrected chi connectivity index (χ4v) is 3.11. The van der Waals surface area contributed by atoms with Crippen molar-refractivity contribution < 1.29 is 11.0 Å². The molecule has 1 saturated heterocycles. The van der Waals surface area contributed by atoms with Gasteiger partial charge in [-0.15, -0.1) is 0 Å². The molecular formula is C18H34N4O2. The third-order valence-electron chi connectivity index (χ3n) is 4.98. The minimum absolute atomic E-state index is 0. The van der Waals surface area contributed by atoms with Crippen LogP contribution in [0.2, 0.25) is 0 Å². The molecule has 1 aromatic rings. The minimum Gasteiger partial charge on any atom is -0.450 e. The summed E-state index contributed by atoms with van der Waals surface area (Å²) >= 11 is 0. The van der Waals surface area contributed by atoms with E-state index < -0.39 is 0 Å². The molecule has 2 heterocycles. The van der Waals surface area contributed by atoms with Crippen molar-refractivity contribution in [2.75, 3.05) is 33.3 Å². The number of nitrogens with zero attached hydrogens (tertiary/aromatic N) is 2. The van der Waals surface area contributed by atoms with E-state index in [4.69, 9.17) is 4.74 Å². The van der Waals surface area contributed by atoms with Gasteiger partial charge in [0.2, 0.25) is 0 Å². The summed E-state index contributed by atoms with van der Waals surface area (Å²) in [4.78, 5) is 12.8. The highest BCUT2D eigenvalue weighted by atomic mass is 16.5. The van der Waals surface area contributed by atoms with Crippen molar-refractivity contribution in [2.24, 2.45) is 5.92 Å². The number of amides is 1. The monoisotopic (exact) mass is 338 g/mol. The van der Waals surface area contributed by atoms with E-state index in [1.165, 1.54) is 37.8 Å². The van der Waals surface area contributed by atoms with Gasteiger partial charge < -0.3 is 15.0 Å². The average molecular weight is 338 g/mol. The topological polar surface area (TPSA) is 70.2 Å². The first-order chi connectivity index (χ1) is 11.7. The molecule has 1 saturated carbocycles. The van der Waals surface area contributed by atoms with Gasteiger partial charge in [-0.25, -0.2) is 4.79 Å². The molecular weight excluding hydrogens is 304 g/mol. The number of hydrogen-bond acceptors (Lipinski definition) is 4. The molecule has 2 fully saturated rings. The Morgan fingerprint density at radius 2 is 2.12 bits per heavy atom. The third-order valence-corrected chi connectivity index (χ3v) is 4.98. The number of aromatic amines is 1. The van der Waals surface area contributed by atoms with Crippen LogP contribution in [0, 0.1) is 5.92 Å². The number of hydrogen-bond donors (Lipinski definition) is 2. The first-order valence-corrected chi connectivity index (χ1v) is 9.28. The van der Waals surface area contributed by atoms with Crippen molar-refractivity contribution in [1.29, 1.82) is 0 Å². The highest BCUT2D eigenvalue weighted by Gasteiger charge is 2.19. The van der Waals surface area contributed by atoms with E-state index in [1.54, 1.807) is 11.9 Å². The van der Waals surface area contributed by atoms with Gasteiger partial charge in [0.05, 0.1) is 6.61 Å². The summed E-state index contributed by atoms with van der Waals surface area (Å²) in [6.07, 6.45) is 9.31. The Bertz CT molecular complexity index is 460. The van der Waals surface area contributed by atoms with Crippen LogP contribution in [-0.4, -0.2) is 54.5 Å². The average Bonchev–Trinajstić information content (AvgIpc) is 3.09. The number of aromatic nitrogens is 2. The van der Waals surface area contributed by atoms with Crippen molar-refractivity contribution in [1.82, 2.24) is 20.4 Å². The predicted octanol–water partition coefficient (Wildman–Crippen LogP) is 3.39. The van der Waals surface area contributed by atoms with Crippen LogP contribution in [0.4, 0.5) is 4.79 Å². The van der Waals surface area contributed by atoms with Crippen LogP contribution >= 0.6 is 0 Å². The van der Waals surface area contributed by atoms with Gasteiger partial charge >= 0.3 is 6.09 Å². The second kappa shape index (κ2) is 10.3. The molecule has 0 radical (unpaired) electrons. The number of carbonyl (C=O) groups is 1. The lowest BCUT2D eigenvalue weighted by Crippen LogP contribution is -2.30. The number of nitrogens with one attached hydrogen (secondary N) is 2. The van der Waals surface area contributed by atoms with Crippen LogP contribution in [0.5, 0.6) is 0 Å². The van der Waals surface area contributed by atoms with Gasteiger partial charge in [0, 0.05) is 32.8 Å². The van der Waals surface area contributed by atoms with E-state index in [2.05, 4.69) is 21.6 Å².